The standard InChI is InChI=1S/C17H28N2/c1-4-17(5-2,13-18-3)14-19-11-10-15-8-6-7-9-16(15)12-19/h6-9,18H,4-5,10-14H2,1-3H3. The van der Waals surface area contributed by atoms with E-state index in [-0.39, 0.29) is 0 Å². The second-order valence-corrected chi connectivity index (χ2v) is 5.97. The van der Waals surface area contributed by atoms with Crippen LogP contribution in [0.1, 0.15) is 37.8 Å². The summed E-state index contributed by atoms with van der Waals surface area (Å²) < 4.78 is 0. The molecule has 1 heterocycles. The molecule has 2 nitrogen and oxygen atoms in total. The molecule has 0 spiro atoms. The second-order valence-electron chi connectivity index (χ2n) is 5.97. The van der Waals surface area contributed by atoms with Gasteiger partial charge in [0.15, 0.2) is 0 Å². The fraction of sp³-hybridized carbons (Fsp3) is 0.647. The van der Waals surface area contributed by atoms with Gasteiger partial charge >= 0.3 is 0 Å². The van der Waals surface area contributed by atoms with Crippen molar-refractivity contribution in [2.75, 3.05) is 26.7 Å². The van der Waals surface area contributed by atoms with Crippen molar-refractivity contribution in [3.8, 4) is 0 Å². The molecule has 0 aliphatic carbocycles. The van der Waals surface area contributed by atoms with E-state index in [0.717, 1.165) is 13.1 Å². The summed E-state index contributed by atoms with van der Waals surface area (Å²) in [7, 11) is 2.07. The summed E-state index contributed by atoms with van der Waals surface area (Å²) in [4.78, 5) is 2.65. The van der Waals surface area contributed by atoms with Gasteiger partial charge in [-0.1, -0.05) is 38.1 Å². The molecule has 1 aromatic carbocycles. The smallest absolute Gasteiger partial charge is 0.0236 e. The van der Waals surface area contributed by atoms with Gasteiger partial charge < -0.3 is 5.32 Å². The molecular formula is C17H28N2. The van der Waals surface area contributed by atoms with Crippen molar-refractivity contribution in [1.29, 1.82) is 0 Å². The van der Waals surface area contributed by atoms with Crippen LogP contribution in [0.2, 0.25) is 0 Å². The molecule has 0 amide bonds. The second kappa shape index (κ2) is 6.53. The highest BCUT2D eigenvalue weighted by molar-refractivity contribution is 5.29. The van der Waals surface area contributed by atoms with Gasteiger partial charge in [-0.25, -0.2) is 0 Å². The summed E-state index contributed by atoms with van der Waals surface area (Å²) in [6.07, 6.45) is 3.71. The third-order valence-electron chi connectivity index (χ3n) is 4.82. The molecule has 2 rings (SSSR count). The number of hydrogen-bond acceptors (Lipinski definition) is 2. The summed E-state index contributed by atoms with van der Waals surface area (Å²) >= 11 is 0. The highest BCUT2D eigenvalue weighted by atomic mass is 15.1. The van der Waals surface area contributed by atoms with Crippen LogP contribution in [-0.2, 0) is 13.0 Å². The highest BCUT2D eigenvalue weighted by Gasteiger charge is 2.29. The Hall–Kier alpha value is -0.860. The van der Waals surface area contributed by atoms with Crippen LogP contribution in [0.4, 0.5) is 0 Å². The first kappa shape index (κ1) is 14.5. The Kier molecular flexibility index (Phi) is 5.00. The molecule has 1 aliphatic rings. The molecule has 106 valence electrons. The molecule has 0 bridgehead atoms. The molecule has 1 aromatic rings. The van der Waals surface area contributed by atoms with E-state index in [1.54, 1.807) is 5.56 Å². The minimum absolute atomic E-state index is 0.432. The molecule has 0 fully saturated rings. The first-order valence-electron chi connectivity index (χ1n) is 7.67. The first-order valence-corrected chi connectivity index (χ1v) is 7.67. The SMILES string of the molecule is CCC(CC)(CNC)CN1CCc2ccccc2C1. The van der Waals surface area contributed by atoms with Gasteiger partial charge in [0.05, 0.1) is 0 Å². The van der Waals surface area contributed by atoms with Crippen LogP contribution in [0, 0.1) is 5.41 Å². The number of benzene rings is 1. The molecule has 0 aromatic heterocycles. The molecular weight excluding hydrogens is 232 g/mol. The maximum absolute atomic E-state index is 3.39. The summed E-state index contributed by atoms with van der Waals surface area (Å²) in [5.41, 5.74) is 3.51. The van der Waals surface area contributed by atoms with Crippen LogP contribution in [0.3, 0.4) is 0 Å². The number of nitrogens with zero attached hydrogens (tertiary/aromatic N) is 1. The Bertz CT molecular complexity index is 396. The summed E-state index contributed by atoms with van der Waals surface area (Å²) in [5.74, 6) is 0. The van der Waals surface area contributed by atoms with E-state index in [2.05, 4.69) is 55.4 Å². The van der Waals surface area contributed by atoms with E-state index in [9.17, 15) is 0 Å². The van der Waals surface area contributed by atoms with E-state index >= 15 is 0 Å². The van der Waals surface area contributed by atoms with Gasteiger partial charge in [-0.3, -0.25) is 4.90 Å². The number of nitrogens with one attached hydrogen (secondary N) is 1. The third kappa shape index (κ3) is 3.37. The van der Waals surface area contributed by atoms with Crippen molar-refractivity contribution in [2.24, 2.45) is 5.41 Å². The van der Waals surface area contributed by atoms with Gasteiger partial charge in [0.2, 0.25) is 0 Å². The van der Waals surface area contributed by atoms with Crippen molar-refractivity contribution in [2.45, 2.75) is 39.7 Å². The van der Waals surface area contributed by atoms with E-state index in [1.807, 2.05) is 0 Å². The van der Waals surface area contributed by atoms with Crippen LogP contribution < -0.4 is 5.32 Å². The Labute approximate surface area is 118 Å². The normalized spacial score (nSPS) is 16.4. The Morgan fingerprint density at radius 2 is 1.84 bits per heavy atom. The quantitative estimate of drug-likeness (QED) is 0.845. The molecule has 0 saturated carbocycles. The maximum Gasteiger partial charge on any atom is 0.0236 e. The summed E-state index contributed by atoms with van der Waals surface area (Å²) in [5, 5.41) is 3.39. The van der Waals surface area contributed by atoms with E-state index in [0.29, 0.717) is 5.41 Å². The molecule has 0 unspecified atom stereocenters. The zero-order valence-corrected chi connectivity index (χ0v) is 12.7. The summed E-state index contributed by atoms with van der Waals surface area (Å²) in [6.45, 7) is 9.34. The van der Waals surface area contributed by atoms with Crippen LogP contribution in [0.5, 0.6) is 0 Å². The van der Waals surface area contributed by atoms with Gasteiger partial charge in [-0.15, -0.1) is 0 Å². The van der Waals surface area contributed by atoms with Crippen molar-refractivity contribution in [3.63, 3.8) is 0 Å². The fourth-order valence-corrected chi connectivity index (χ4v) is 3.32. The van der Waals surface area contributed by atoms with E-state index < -0.39 is 0 Å². The first-order chi connectivity index (χ1) is 9.23. The molecule has 0 saturated heterocycles. The predicted molar refractivity (Wildman–Crippen MR) is 82.4 cm³/mol. The van der Waals surface area contributed by atoms with E-state index in [4.69, 9.17) is 0 Å². The number of fused-ring (bicyclic) bond motifs is 1. The van der Waals surface area contributed by atoms with Crippen molar-refractivity contribution in [1.82, 2.24) is 10.2 Å². The molecule has 1 aliphatic heterocycles. The van der Waals surface area contributed by atoms with Crippen molar-refractivity contribution >= 4 is 0 Å². The van der Waals surface area contributed by atoms with Crippen molar-refractivity contribution < 1.29 is 0 Å². The van der Waals surface area contributed by atoms with Crippen LogP contribution >= 0.6 is 0 Å². The average Bonchev–Trinajstić information content (AvgIpc) is 2.46. The Balaban J connectivity index is 2.04. The van der Waals surface area contributed by atoms with E-state index in [1.165, 1.54) is 37.9 Å². The third-order valence-corrected chi connectivity index (χ3v) is 4.82. The topological polar surface area (TPSA) is 15.3 Å². The van der Waals surface area contributed by atoms with Crippen LogP contribution in [0.25, 0.3) is 0 Å². The molecule has 0 radical (unpaired) electrons. The molecule has 1 N–H and O–H groups in total. The van der Waals surface area contributed by atoms with Crippen molar-refractivity contribution in [3.05, 3.63) is 35.4 Å². The van der Waals surface area contributed by atoms with Crippen LogP contribution in [-0.4, -0.2) is 31.6 Å². The minimum Gasteiger partial charge on any atom is -0.319 e. The highest BCUT2D eigenvalue weighted by Crippen LogP contribution is 2.29. The van der Waals surface area contributed by atoms with Gasteiger partial charge in [0.1, 0.15) is 0 Å². The molecule has 19 heavy (non-hydrogen) atoms. The Morgan fingerprint density at radius 1 is 1.16 bits per heavy atom. The summed E-state index contributed by atoms with van der Waals surface area (Å²) in [6, 6.07) is 8.91. The molecule has 2 heteroatoms. The van der Waals surface area contributed by atoms with Gasteiger partial charge in [-0.05, 0) is 42.9 Å². The average molecular weight is 260 g/mol. The molecule has 0 atom stereocenters. The van der Waals surface area contributed by atoms with Gasteiger partial charge in [-0.2, -0.15) is 0 Å². The zero-order valence-electron chi connectivity index (χ0n) is 12.7. The lowest BCUT2D eigenvalue weighted by molar-refractivity contribution is 0.126. The Morgan fingerprint density at radius 3 is 2.47 bits per heavy atom. The van der Waals surface area contributed by atoms with Gasteiger partial charge in [0, 0.05) is 26.2 Å². The monoisotopic (exact) mass is 260 g/mol. The zero-order chi connectivity index (χ0) is 13.7. The lowest BCUT2D eigenvalue weighted by Crippen LogP contribution is -2.44. The van der Waals surface area contributed by atoms with Gasteiger partial charge in [0.25, 0.3) is 0 Å². The predicted octanol–water partition coefficient (Wildman–Crippen LogP) is 3.07. The maximum atomic E-state index is 3.39. The lowest BCUT2D eigenvalue weighted by atomic mass is 9.81. The number of rotatable bonds is 6. The van der Waals surface area contributed by atoms with Crippen LogP contribution in [0.15, 0.2) is 24.3 Å². The lowest BCUT2D eigenvalue weighted by Gasteiger charge is -2.39. The minimum atomic E-state index is 0.432. The fourth-order valence-electron chi connectivity index (χ4n) is 3.32. The largest absolute Gasteiger partial charge is 0.319 e. The number of hydrogen-bond donors (Lipinski definition) is 1.